The molecule has 0 N–H and O–H groups in total. The van der Waals surface area contributed by atoms with Crippen molar-refractivity contribution in [2.45, 2.75) is 39.2 Å². The molecule has 0 aliphatic carbocycles. The van der Waals surface area contributed by atoms with Crippen LogP contribution in [0.3, 0.4) is 0 Å². The van der Waals surface area contributed by atoms with Gasteiger partial charge in [-0.15, -0.1) is 0 Å². The van der Waals surface area contributed by atoms with Gasteiger partial charge in [-0.2, -0.15) is 0 Å². The number of ether oxygens (including phenoxy) is 1. The average Bonchev–Trinajstić information content (AvgIpc) is 2.92. The van der Waals surface area contributed by atoms with E-state index in [-0.39, 0.29) is 11.9 Å². The Morgan fingerprint density at radius 3 is 3.00 bits per heavy atom. The molecule has 0 spiro atoms. The first-order chi connectivity index (χ1) is 10.1. The molecular formula is C17H24BrNO2. The van der Waals surface area contributed by atoms with Gasteiger partial charge in [-0.05, 0) is 36.5 Å². The second kappa shape index (κ2) is 7.95. The van der Waals surface area contributed by atoms with E-state index in [1.165, 1.54) is 5.56 Å². The van der Waals surface area contributed by atoms with Crippen LogP contribution in [0.2, 0.25) is 0 Å². The number of amides is 1. The number of benzene rings is 1. The maximum Gasteiger partial charge on any atom is 0.225 e. The van der Waals surface area contributed by atoms with Crippen LogP contribution in [0.4, 0.5) is 0 Å². The van der Waals surface area contributed by atoms with Crippen LogP contribution in [-0.4, -0.2) is 30.6 Å². The number of halogens is 1. The SMILES string of the molecule is CC(C)COCCC(=O)N1CCCC1c1cccc(Br)c1. The largest absolute Gasteiger partial charge is 0.381 e. The number of hydrogen-bond donors (Lipinski definition) is 0. The average molecular weight is 354 g/mol. The van der Waals surface area contributed by atoms with Crippen LogP contribution in [0.5, 0.6) is 0 Å². The number of carbonyl (C=O) groups is 1. The van der Waals surface area contributed by atoms with Crippen LogP contribution in [0.1, 0.15) is 44.7 Å². The summed E-state index contributed by atoms with van der Waals surface area (Å²) < 4.78 is 6.60. The van der Waals surface area contributed by atoms with Gasteiger partial charge in [0.25, 0.3) is 0 Å². The van der Waals surface area contributed by atoms with Gasteiger partial charge in [0.05, 0.1) is 19.1 Å². The van der Waals surface area contributed by atoms with Crippen LogP contribution in [0.15, 0.2) is 28.7 Å². The van der Waals surface area contributed by atoms with Gasteiger partial charge in [-0.25, -0.2) is 0 Å². The molecule has 1 unspecified atom stereocenters. The molecule has 1 heterocycles. The quantitative estimate of drug-likeness (QED) is 0.718. The molecule has 0 saturated carbocycles. The fourth-order valence-electron chi connectivity index (χ4n) is 2.75. The lowest BCUT2D eigenvalue weighted by Crippen LogP contribution is -2.31. The molecule has 1 aliphatic heterocycles. The molecule has 4 heteroatoms. The third kappa shape index (κ3) is 4.82. The van der Waals surface area contributed by atoms with Crippen molar-refractivity contribution in [3.8, 4) is 0 Å². The molecule has 0 radical (unpaired) electrons. The van der Waals surface area contributed by atoms with Crippen molar-refractivity contribution < 1.29 is 9.53 Å². The molecule has 1 amide bonds. The number of carbonyl (C=O) groups excluding carboxylic acids is 1. The topological polar surface area (TPSA) is 29.5 Å². The lowest BCUT2D eigenvalue weighted by Gasteiger charge is -2.25. The van der Waals surface area contributed by atoms with Crippen molar-refractivity contribution in [1.29, 1.82) is 0 Å². The molecule has 1 fully saturated rings. The summed E-state index contributed by atoms with van der Waals surface area (Å²) in [6, 6.07) is 8.50. The van der Waals surface area contributed by atoms with Gasteiger partial charge in [0, 0.05) is 17.6 Å². The van der Waals surface area contributed by atoms with Crippen molar-refractivity contribution in [3.63, 3.8) is 0 Å². The van der Waals surface area contributed by atoms with E-state index in [2.05, 4.69) is 41.9 Å². The van der Waals surface area contributed by atoms with Gasteiger partial charge >= 0.3 is 0 Å². The molecule has 1 aromatic rings. The first-order valence-corrected chi connectivity index (χ1v) is 8.50. The van der Waals surface area contributed by atoms with Gasteiger partial charge in [0.1, 0.15) is 0 Å². The van der Waals surface area contributed by atoms with E-state index < -0.39 is 0 Å². The molecule has 1 atom stereocenters. The predicted octanol–water partition coefficient (Wildman–Crippen LogP) is 4.18. The van der Waals surface area contributed by atoms with Crippen molar-refractivity contribution in [3.05, 3.63) is 34.3 Å². The Morgan fingerprint density at radius 2 is 2.29 bits per heavy atom. The van der Waals surface area contributed by atoms with Crippen molar-refractivity contribution in [2.75, 3.05) is 19.8 Å². The lowest BCUT2D eigenvalue weighted by atomic mass is 10.0. The highest BCUT2D eigenvalue weighted by Gasteiger charge is 2.29. The highest BCUT2D eigenvalue weighted by atomic mass is 79.9. The standard InChI is InChI=1S/C17H24BrNO2/c1-13(2)12-21-10-8-17(20)19-9-4-7-16(19)14-5-3-6-15(18)11-14/h3,5-6,11,13,16H,4,7-10,12H2,1-2H3. The zero-order valence-electron chi connectivity index (χ0n) is 12.8. The smallest absolute Gasteiger partial charge is 0.225 e. The van der Waals surface area contributed by atoms with E-state index in [1.54, 1.807) is 0 Å². The maximum absolute atomic E-state index is 12.4. The van der Waals surface area contributed by atoms with Crippen LogP contribution in [-0.2, 0) is 9.53 Å². The first-order valence-electron chi connectivity index (χ1n) is 7.70. The van der Waals surface area contributed by atoms with E-state index in [4.69, 9.17) is 4.74 Å². The first kappa shape index (κ1) is 16.5. The summed E-state index contributed by atoms with van der Waals surface area (Å²) in [5.41, 5.74) is 1.22. The molecule has 0 aromatic heterocycles. The summed E-state index contributed by atoms with van der Waals surface area (Å²) >= 11 is 3.51. The van der Waals surface area contributed by atoms with Crippen molar-refractivity contribution in [1.82, 2.24) is 4.90 Å². The molecule has 0 bridgehead atoms. The zero-order valence-corrected chi connectivity index (χ0v) is 14.4. The molecule has 1 aromatic carbocycles. The minimum absolute atomic E-state index is 0.209. The Hall–Kier alpha value is -0.870. The number of hydrogen-bond acceptors (Lipinski definition) is 2. The summed E-state index contributed by atoms with van der Waals surface area (Å²) in [5.74, 6) is 0.725. The Kier molecular flexibility index (Phi) is 6.24. The summed E-state index contributed by atoms with van der Waals surface area (Å²) in [6.45, 7) is 6.35. The van der Waals surface area contributed by atoms with Gasteiger partial charge in [0.15, 0.2) is 0 Å². The summed E-state index contributed by atoms with van der Waals surface area (Å²) in [4.78, 5) is 14.4. The molecule has 116 valence electrons. The highest BCUT2D eigenvalue weighted by Crippen LogP contribution is 2.33. The predicted molar refractivity (Wildman–Crippen MR) is 88.1 cm³/mol. The fourth-order valence-corrected chi connectivity index (χ4v) is 3.16. The van der Waals surface area contributed by atoms with Gasteiger partial charge in [-0.3, -0.25) is 4.79 Å². The fraction of sp³-hybridized carbons (Fsp3) is 0.588. The molecule has 1 aliphatic rings. The number of likely N-dealkylation sites (tertiary alicyclic amines) is 1. The Labute approximate surface area is 135 Å². The van der Waals surface area contributed by atoms with Crippen LogP contribution < -0.4 is 0 Å². The van der Waals surface area contributed by atoms with Gasteiger partial charge in [-0.1, -0.05) is 41.9 Å². The van der Waals surface area contributed by atoms with Gasteiger partial charge in [0.2, 0.25) is 5.91 Å². The van der Waals surface area contributed by atoms with Crippen LogP contribution in [0, 0.1) is 5.92 Å². The number of nitrogens with zero attached hydrogens (tertiary/aromatic N) is 1. The molecule has 3 nitrogen and oxygen atoms in total. The third-order valence-electron chi connectivity index (χ3n) is 3.72. The minimum atomic E-state index is 0.209. The van der Waals surface area contributed by atoms with Crippen LogP contribution >= 0.6 is 15.9 Å². The second-order valence-corrected chi connectivity index (χ2v) is 6.93. The normalized spacial score (nSPS) is 18.5. The highest BCUT2D eigenvalue weighted by molar-refractivity contribution is 9.10. The summed E-state index contributed by atoms with van der Waals surface area (Å²) in [6.07, 6.45) is 2.61. The Bertz CT molecular complexity index is 476. The van der Waals surface area contributed by atoms with E-state index in [0.29, 0.717) is 18.9 Å². The van der Waals surface area contributed by atoms with E-state index in [1.807, 2.05) is 17.0 Å². The Balaban J connectivity index is 1.90. The Morgan fingerprint density at radius 1 is 1.48 bits per heavy atom. The summed E-state index contributed by atoms with van der Waals surface area (Å²) in [5, 5.41) is 0. The lowest BCUT2D eigenvalue weighted by molar-refractivity contribution is -0.133. The summed E-state index contributed by atoms with van der Waals surface area (Å²) in [7, 11) is 0. The molecule has 2 rings (SSSR count). The molecule has 21 heavy (non-hydrogen) atoms. The zero-order chi connectivity index (χ0) is 15.2. The van der Waals surface area contributed by atoms with Crippen LogP contribution in [0.25, 0.3) is 0 Å². The molecular weight excluding hydrogens is 330 g/mol. The van der Waals surface area contributed by atoms with Crippen molar-refractivity contribution >= 4 is 21.8 Å². The number of rotatable bonds is 6. The minimum Gasteiger partial charge on any atom is -0.381 e. The van der Waals surface area contributed by atoms with Crippen molar-refractivity contribution in [2.24, 2.45) is 5.92 Å². The third-order valence-corrected chi connectivity index (χ3v) is 4.21. The monoisotopic (exact) mass is 353 g/mol. The molecule has 1 saturated heterocycles. The second-order valence-electron chi connectivity index (χ2n) is 6.02. The van der Waals surface area contributed by atoms with E-state index >= 15 is 0 Å². The van der Waals surface area contributed by atoms with E-state index in [0.717, 1.165) is 30.5 Å². The van der Waals surface area contributed by atoms with E-state index in [9.17, 15) is 4.79 Å². The van der Waals surface area contributed by atoms with Gasteiger partial charge < -0.3 is 9.64 Å². The maximum atomic E-state index is 12.4.